The van der Waals surface area contributed by atoms with Crippen LogP contribution in [0.4, 0.5) is 23.0 Å². The highest BCUT2D eigenvalue weighted by atomic mass is 16.5. The normalized spacial score (nSPS) is 11.0. The van der Waals surface area contributed by atoms with Crippen molar-refractivity contribution in [1.82, 2.24) is 19.9 Å². The van der Waals surface area contributed by atoms with E-state index in [9.17, 15) is 14.4 Å². The number of anilines is 4. The molecule has 0 fully saturated rings. The fraction of sp³-hybridized carbons (Fsp3) is 0.241. The van der Waals surface area contributed by atoms with Gasteiger partial charge in [0.05, 0.1) is 73.6 Å². The van der Waals surface area contributed by atoms with E-state index in [-0.39, 0.29) is 11.1 Å². The molecule has 0 saturated heterocycles. The van der Waals surface area contributed by atoms with Crippen molar-refractivity contribution in [2.75, 3.05) is 45.2 Å². The van der Waals surface area contributed by atoms with Crippen LogP contribution in [-0.2, 0) is 0 Å². The van der Waals surface area contributed by atoms with Gasteiger partial charge in [-0.15, -0.1) is 0 Å². The lowest BCUT2D eigenvalue weighted by molar-refractivity contribution is 0.112. The van der Waals surface area contributed by atoms with Crippen LogP contribution in [0.15, 0.2) is 131 Å². The highest BCUT2D eigenvalue weighted by molar-refractivity contribution is 5.98. The number of pyridine rings is 4. The molecule has 4 aromatic carbocycles. The Kier molecular flexibility index (Phi) is 15.7. The number of benzene rings is 4. The lowest BCUT2D eigenvalue weighted by Crippen LogP contribution is -2.10. The number of hydrogen-bond donors (Lipinski definition) is 4. The first-order valence-corrected chi connectivity index (χ1v) is 22.4. The number of nitrogens with one attached hydrogen (secondary N) is 4. The fourth-order valence-corrected chi connectivity index (χ4v) is 7.43. The first kappa shape index (κ1) is 47.8. The largest absolute Gasteiger partial charge is 0.496 e. The molecule has 8 aromatic rings. The molecule has 0 atom stereocenters. The zero-order valence-electron chi connectivity index (χ0n) is 39.3. The highest BCUT2D eigenvalue weighted by Gasteiger charge is 2.20. The Bertz CT molecular complexity index is 3120. The van der Waals surface area contributed by atoms with Gasteiger partial charge in [0.2, 0.25) is 0 Å². The second-order valence-electron chi connectivity index (χ2n) is 16.7. The molecular weight excluding hydrogens is 861 g/mol. The minimum absolute atomic E-state index is 0.232. The van der Waals surface area contributed by atoms with E-state index >= 15 is 0 Å². The van der Waals surface area contributed by atoms with Gasteiger partial charge >= 0.3 is 0 Å². The number of aldehydes is 1. The van der Waals surface area contributed by atoms with Crippen LogP contribution < -0.4 is 45.4 Å². The number of para-hydroxylation sites is 4. The summed E-state index contributed by atoms with van der Waals surface area (Å²) in [6, 6.07) is 33.3. The number of carbonyl (C=O) groups excluding carboxylic acids is 1. The molecule has 0 amide bonds. The summed E-state index contributed by atoms with van der Waals surface area (Å²) in [6.45, 7) is 9.80. The van der Waals surface area contributed by atoms with Gasteiger partial charge in [-0.05, 0) is 114 Å². The molecule has 0 bridgehead atoms. The lowest BCUT2D eigenvalue weighted by Gasteiger charge is -2.17. The summed E-state index contributed by atoms with van der Waals surface area (Å²) in [4.78, 5) is 52.0. The molecular formula is C54H56N6O8. The summed E-state index contributed by atoms with van der Waals surface area (Å²) in [5.74, 6) is 5.07. The Labute approximate surface area is 394 Å². The van der Waals surface area contributed by atoms with Gasteiger partial charge in [-0.3, -0.25) is 14.4 Å². The van der Waals surface area contributed by atoms with Gasteiger partial charge in [0.25, 0.3) is 11.1 Å². The average molecular weight is 917 g/mol. The van der Waals surface area contributed by atoms with Gasteiger partial charge in [-0.25, -0.2) is 9.97 Å². The van der Waals surface area contributed by atoms with E-state index in [1.807, 2.05) is 91.0 Å². The van der Waals surface area contributed by atoms with Crippen molar-refractivity contribution >= 4 is 50.8 Å². The molecule has 0 aliphatic carbocycles. The second kappa shape index (κ2) is 22.4. The minimum atomic E-state index is -0.258. The molecule has 0 unspecified atom stereocenters. The SMILES string of the molecule is COc1ccc(C=O)cc1-c1cc2cc[nH]c(=O)c2c(Nc2ccccc2OCCC(C)C)n1.COc1cccc(OC)c1-c1cc2cc[nH]c(=O)c2c(Nc2ccccc2OCCC(C)C)n1. The smallest absolute Gasteiger partial charge is 0.259 e. The molecule has 68 heavy (non-hydrogen) atoms. The van der Waals surface area contributed by atoms with E-state index in [1.165, 1.54) is 0 Å². The average Bonchev–Trinajstić information content (AvgIpc) is 3.34. The van der Waals surface area contributed by atoms with Crippen LogP contribution in [-0.4, -0.2) is 60.8 Å². The van der Waals surface area contributed by atoms with Crippen molar-refractivity contribution in [2.45, 2.75) is 40.5 Å². The van der Waals surface area contributed by atoms with Crippen LogP contribution in [0.1, 0.15) is 50.9 Å². The summed E-state index contributed by atoms with van der Waals surface area (Å²) in [6.07, 6.45) is 5.87. The second-order valence-corrected chi connectivity index (χ2v) is 16.7. The molecule has 0 aliphatic heterocycles. The molecule has 4 N–H and O–H groups in total. The Morgan fingerprint density at radius 3 is 1.51 bits per heavy atom. The number of H-pyrrole nitrogens is 2. The van der Waals surface area contributed by atoms with Crippen molar-refractivity contribution in [3.63, 3.8) is 0 Å². The van der Waals surface area contributed by atoms with Gasteiger partial charge in [0.15, 0.2) is 0 Å². The summed E-state index contributed by atoms with van der Waals surface area (Å²) >= 11 is 0. The number of methoxy groups -OCH3 is 3. The minimum Gasteiger partial charge on any atom is -0.496 e. The Morgan fingerprint density at radius 2 is 1.03 bits per heavy atom. The number of fused-ring (bicyclic) bond motifs is 2. The van der Waals surface area contributed by atoms with Gasteiger partial charge < -0.3 is 44.3 Å². The van der Waals surface area contributed by atoms with Gasteiger partial charge in [-0.1, -0.05) is 58.0 Å². The predicted octanol–water partition coefficient (Wildman–Crippen LogP) is 11.4. The zero-order valence-corrected chi connectivity index (χ0v) is 39.3. The van der Waals surface area contributed by atoms with E-state index < -0.39 is 0 Å². The van der Waals surface area contributed by atoms with Crippen molar-refractivity contribution in [3.8, 4) is 51.3 Å². The number of nitrogens with zero attached hydrogens (tertiary/aromatic N) is 2. The molecule has 4 heterocycles. The van der Waals surface area contributed by atoms with Crippen molar-refractivity contribution in [2.24, 2.45) is 11.8 Å². The van der Waals surface area contributed by atoms with Crippen LogP contribution in [0, 0.1) is 11.8 Å². The summed E-state index contributed by atoms with van der Waals surface area (Å²) in [7, 11) is 4.77. The summed E-state index contributed by atoms with van der Waals surface area (Å²) < 4.78 is 28.7. The van der Waals surface area contributed by atoms with E-state index in [1.54, 1.807) is 51.9 Å². The Balaban J connectivity index is 0.000000201. The van der Waals surface area contributed by atoms with Crippen LogP contribution in [0.5, 0.6) is 28.7 Å². The quantitative estimate of drug-likeness (QED) is 0.0600. The summed E-state index contributed by atoms with van der Waals surface area (Å²) in [5, 5.41) is 8.97. The standard InChI is InChI=1S/C27H29N3O4.C27H27N3O4/c1-17(2)13-15-34-21-9-6-5-8-19(21)29-26-24-18(12-14-28-27(24)31)16-20(30-26)25-22(32-3)10-7-11-23(25)33-4;1-17(2)11-13-34-24-7-5-4-6-21(24)29-26-25-19(10-12-28-27(25)32)15-22(30-26)20-14-18(16-31)8-9-23(20)33-3/h5-12,14,16-17H,13,15H2,1-4H3,(H,28,31)(H,29,30);4-10,12,14-17H,11,13H2,1-3H3,(H,28,32)(H,29,30). The maximum atomic E-state index is 12.8. The van der Waals surface area contributed by atoms with Crippen LogP contribution in [0.2, 0.25) is 0 Å². The molecule has 0 saturated carbocycles. The maximum absolute atomic E-state index is 12.8. The lowest BCUT2D eigenvalue weighted by atomic mass is 10.0. The molecule has 0 aliphatic rings. The molecule has 8 rings (SSSR count). The maximum Gasteiger partial charge on any atom is 0.259 e. The first-order valence-electron chi connectivity index (χ1n) is 22.4. The van der Waals surface area contributed by atoms with Crippen molar-refractivity contribution in [1.29, 1.82) is 0 Å². The predicted molar refractivity (Wildman–Crippen MR) is 270 cm³/mol. The molecule has 0 radical (unpaired) electrons. The highest BCUT2D eigenvalue weighted by Crippen LogP contribution is 2.40. The summed E-state index contributed by atoms with van der Waals surface area (Å²) in [5.41, 5.74) is 3.99. The number of ether oxygens (including phenoxy) is 5. The topological polar surface area (TPSA) is 179 Å². The fourth-order valence-electron chi connectivity index (χ4n) is 7.43. The number of carbonyl (C=O) groups is 1. The molecule has 350 valence electrons. The number of aromatic nitrogens is 4. The molecule has 14 nitrogen and oxygen atoms in total. The monoisotopic (exact) mass is 916 g/mol. The molecule has 0 spiro atoms. The van der Waals surface area contributed by atoms with Crippen LogP contribution in [0.3, 0.4) is 0 Å². The number of aromatic amines is 2. The number of hydrogen-bond acceptors (Lipinski definition) is 12. The third kappa shape index (κ3) is 11.3. The van der Waals surface area contributed by atoms with Gasteiger partial charge in [0.1, 0.15) is 46.7 Å². The van der Waals surface area contributed by atoms with E-state index in [0.29, 0.717) is 115 Å². The van der Waals surface area contributed by atoms with E-state index in [4.69, 9.17) is 33.7 Å². The van der Waals surface area contributed by atoms with Crippen LogP contribution >= 0.6 is 0 Å². The van der Waals surface area contributed by atoms with Crippen LogP contribution in [0.25, 0.3) is 44.1 Å². The van der Waals surface area contributed by atoms with E-state index in [0.717, 1.165) is 30.2 Å². The van der Waals surface area contributed by atoms with Crippen molar-refractivity contribution in [3.05, 3.63) is 148 Å². The molecule has 14 heteroatoms. The molecule has 4 aromatic heterocycles. The third-order valence-corrected chi connectivity index (χ3v) is 11.0. The first-order chi connectivity index (χ1) is 33.0. The van der Waals surface area contributed by atoms with Gasteiger partial charge in [0, 0.05) is 23.5 Å². The Morgan fingerprint density at radius 1 is 0.559 bits per heavy atom. The third-order valence-electron chi connectivity index (χ3n) is 11.0. The zero-order chi connectivity index (χ0) is 48.2. The van der Waals surface area contributed by atoms with Gasteiger partial charge in [-0.2, -0.15) is 0 Å². The van der Waals surface area contributed by atoms with Crippen molar-refractivity contribution < 1.29 is 28.5 Å². The Hall–Kier alpha value is -8.13. The van der Waals surface area contributed by atoms with E-state index in [2.05, 4.69) is 48.3 Å². The number of rotatable bonds is 18.